The molecule has 7 heteroatoms. The zero-order chi connectivity index (χ0) is 18.4. The van der Waals surface area contributed by atoms with Gasteiger partial charge in [-0.05, 0) is 55.0 Å². The van der Waals surface area contributed by atoms with E-state index in [0.717, 1.165) is 10.5 Å². The van der Waals surface area contributed by atoms with Gasteiger partial charge in [-0.25, -0.2) is 4.39 Å². The van der Waals surface area contributed by atoms with Crippen molar-refractivity contribution in [3.8, 4) is 0 Å². The lowest BCUT2D eigenvalue weighted by molar-refractivity contribution is -0.862. The fourth-order valence-electron chi connectivity index (χ4n) is 2.31. The first-order valence-corrected chi connectivity index (χ1v) is 8.14. The molecule has 2 aromatic rings. The van der Waals surface area contributed by atoms with Gasteiger partial charge < -0.3 is 15.5 Å². The lowest BCUT2D eigenvalue weighted by Gasteiger charge is -2.14. The largest absolute Gasteiger partial charge is 0.322 e. The van der Waals surface area contributed by atoms with E-state index in [1.165, 1.54) is 24.3 Å². The van der Waals surface area contributed by atoms with Gasteiger partial charge in [-0.15, -0.1) is 0 Å². The van der Waals surface area contributed by atoms with Crippen molar-refractivity contribution in [3.05, 3.63) is 58.9 Å². The number of aryl methyl sites for hydroxylation is 1. The Hall–Kier alpha value is -2.44. The van der Waals surface area contributed by atoms with Crippen LogP contribution in [-0.2, 0) is 9.59 Å². The second-order valence-corrected chi connectivity index (χ2v) is 6.31. The van der Waals surface area contributed by atoms with Gasteiger partial charge in [0.05, 0.1) is 7.05 Å². The van der Waals surface area contributed by atoms with Crippen molar-refractivity contribution in [1.82, 2.24) is 0 Å². The van der Waals surface area contributed by atoms with E-state index in [9.17, 15) is 14.0 Å². The normalized spacial score (nSPS) is 11.7. The Morgan fingerprint density at radius 1 is 1.04 bits per heavy atom. The molecule has 2 aromatic carbocycles. The second-order valence-electron chi connectivity index (χ2n) is 5.87. The van der Waals surface area contributed by atoms with Gasteiger partial charge in [-0.1, -0.05) is 11.6 Å². The molecule has 0 fully saturated rings. The molecule has 0 aliphatic rings. The van der Waals surface area contributed by atoms with Crippen LogP contribution in [0.25, 0.3) is 0 Å². The van der Waals surface area contributed by atoms with Gasteiger partial charge in [0.25, 0.3) is 11.8 Å². The maximum atomic E-state index is 12.8. The Morgan fingerprint density at radius 2 is 1.64 bits per heavy atom. The summed E-state index contributed by atoms with van der Waals surface area (Å²) in [7, 11) is 1.75. The van der Waals surface area contributed by atoms with Crippen LogP contribution in [0.5, 0.6) is 0 Å². The molecule has 1 atom stereocenters. The van der Waals surface area contributed by atoms with Gasteiger partial charge in [0.1, 0.15) is 5.82 Å². The van der Waals surface area contributed by atoms with Gasteiger partial charge in [0, 0.05) is 16.4 Å². The molecule has 0 radical (unpaired) electrons. The molecule has 132 valence electrons. The van der Waals surface area contributed by atoms with E-state index in [4.69, 9.17) is 11.6 Å². The van der Waals surface area contributed by atoms with Crippen LogP contribution in [0.15, 0.2) is 42.5 Å². The standard InChI is InChI=1S/C18H19ClFN3O2/c1-12-9-13(19)3-8-16(12)22-18(25)11-23(2)10-17(24)21-15-6-4-14(20)5-7-15/h3-9H,10-11H2,1-2H3,(H,21,24)(H,22,25)/p+1. The van der Waals surface area contributed by atoms with Gasteiger partial charge in [-0.3, -0.25) is 9.59 Å². The molecule has 1 unspecified atom stereocenters. The number of carbonyl (C=O) groups is 2. The number of hydrogen-bond acceptors (Lipinski definition) is 2. The van der Waals surface area contributed by atoms with E-state index in [2.05, 4.69) is 10.6 Å². The van der Waals surface area contributed by atoms with Crippen LogP contribution in [0, 0.1) is 12.7 Å². The minimum atomic E-state index is -0.366. The van der Waals surface area contributed by atoms with Crippen molar-refractivity contribution in [2.75, 3.05) is 30.8 Å². The molecule has 25 heavy (non-hydrogen) atoms. The number of carbonyl (C=O) groups excluding carboxylic acids is 2. The number of rotatable bonds is 6. The minimum absolute atomic E-state index is 0.115. The highest BCUT2D eigenvalue weighted by atomic mass is 35.5. The van der Waals surface area contributed by atoms with Crippen LogP contribution in [0.3, 0.4) is 0 Å². The predicted molar refractivity (Wildman–Crippen MR) is 96.5 cm³/mol. The Morgan fingerprint density at radius 3 is 2.24 bits per heavy atom. The van der Waals surface area contributed by atoms with Crippen LogP contribution in [-0.4, -0.2) is 32.0 Å². The minimum Gasteiger partial charge on any atom is -0.322 e. The summed E-state index contributed by atoms with van der Waals surface area (Å²) in [6, 6.07) is 10.7. The van der Waals surface area contributed by atoms with Crippen LogP contribution >= 0.6 is 11.6 Å². The third kappa shape index (κ3) is 6.17. The predicted octanol–water partition coefficient (Wildman–Crippen LogP) is 1.88. The molecule has 0 bridgehead atoms. The van der Waals surface area contributed by atoms with Gasteiger partial charge in [0.15, 0.2) is 13.1 Å². The Labute approximate surface area is 150 Å². The summed E-state index contributed by atoms with van der Waals surface area (Å²) in [4.78, 5) is 24.8. The van der Waals surface area contributed by atoms with Gasteiger partial charge in [0.2, 0.25) is 0 Å². The topological polar surface area (TPSA) is 62.6 Å². The molecule has 3 N–H and O–H groups in total. The number of anilines is 2. The lowest BCUT2D eigenvalue weighted by Crippen LogP contribution is -3.11. The Balaban J connectivity index is 1.82. The summed E-state index contributed by atoms with van der Waals surface area (Å²) in [5.74, 6) is -0.813. The quantitative estimate of drug-likeness (QED) is 0.733. The summed E-state index contributed by atoms with van der Waals surface area (Å²) in [5, 5.41) is 6.08. The molecule has 0 aliphatic heterocycles. The van der Waals surface area contributed by atoms with E-state index in [1.807, 2.05) is 6.92 Å². The van der Waals surface area contributed by atoms with Crippen LogP contribution in [0.4, 0.5) is 15.8 Å². The number of quaternary nitrogens is 1. The smallest absolute Gasteiger partial charge is 0.279 e. The highest BCUT2D eigenvalue weighted by Crippen LogP contribution is 2.19. The number of nitrogens with one attached hydrogen (secondary N) is 3. The van der Waals surface area contributed by atoms with E-state index in [0.29, 0.717) is 16.4 Å². The number of likely N-dealkylation sites (N-methyl/N-ethyl adjacent to an activating group) is 1. The number of halogens is 2. The molecular weight excluding hydrogens is 345 g/mol. The summed E-state index contributed by atoms with van der Waals surface area (Å²) in [6.45, 7) is 2.11. The van der Waals surface area contributed by atoms with Crippen LogP contribution in [0.1, 0.15) is 5.56 Å². The molecule has 0 saturated heterocycles. The van der Waals surface area contributed by atoms with E-state index in [-0.39, 0.29) is 30.7 Å². The maximum Gasteiger partial charge on any atom is 0.279 e. The maximum absolute atomic E-state index is 12.8. The summed E-state index contributed by atoms with van der Waals surface area (Å²) in [6.07, 6.45) is 0. The van der Waals surface area contributed by atoms with Crippen molar-refractivity contribution in [3.63, 3.8) is 0 Å². The third-order valence-corrected chi connectivity index (χ3v) is 3.75. The van der Waals surface area contributed by atoms with Crippen molar-refractivity contribution >= 4 is 34.8 Å². The molecule has 0 spiro atoms. The monoisotopic (exact) mass is 364 g/mol. The highest BCUT2D eigenvalue weighted by Gasteiger charge is 2.15. The van der Waals surface area contributed by atoms with Crippen molar-refractivity contribution in [1.29, 1.82) is 0 Å². The molecule has 2 amide bonds. The molecule has 0 aromatic heterocycles. The average molecular weight is 365 g/mol. The summed E-state index contributed by atoms with van der Waals surface area (Å²) < 4.78 is 12.8. The number of benzene rings is 2. The Bertz CT molecular complexity index is 765. The summed E-state index contributed by atoms with van der Waals surface area (Å²) in [5.41, 5.74) is 2.07. The Kier molecular flexibility index (Phi) is 6.50. The fraction of sp³-hybridized carbons (Fsp3) is 0.222. The van der Waals surface area contributed by atoms with Gasteiger partial charge in [-0.2, -0.15) is 0 Å². The lowest BCUT2D eigenvalue weighted by atomic mass is 10.2. The highest BCUT2D eigenvalue weighted by molar-refractivity contribution is 6.30. The van der Waals surface area contributed by atoms with Crippen molar-refractivity contribution in [2.45, 2.75) is 6.92 Å². The zero-order valence-corrected chi connectivity index (χ0v) is 14.8. The fourth-order valence-corrected chi connectivity index (χ4v) is 2.54. The van der Waals surface area contributed by atoms with E-state index >= 15 is 0 Å². The van der Waals surface area contributed by atoms with Crippen LogP contribution in [0.2, 0.25) is 5.02 Å². The molecule has 0 heterocycles. The molecule has 0 saturated carbocycles. The number of amides is 2. The molecule has 0 aliphatic carbocycles. The average Bonchev–Trinajstić information content (AvgIpc) is 2.52. The summed E-state index contributed by atoms with van der Waals surface area (Å²) >= 11 is 5.89. The first-order chi connectivity index (χ1) is 11.8. The van der Waals surface area contributed by atoms with Crippen molar-refractivity contribution in [2.24, 2.45) is 0 Å². The van der Waals surface area contributed by atoms with E-state index < -0.39 is 0 Å². The number of hydrogen-bond donors (Lipinski definition) is 3. The van der Waals surface area contributed by atoms with Crippen LogP contribution < -0.4 is 15.5 Å². The first kappa shape index (κ1) is 18.9. The van der Waals surface area contributed by atoms with Gasteiger partial charge >= 0.3 is 0 Å². The molecule has 2 rings (SSSR count). The second kappa shape index (κ2) is 8.60. The molecular formula is C18H20ClFN3O2+. The van der Waals surface area contributed by atoms with Crippen molar-refractivity contribution < 1.29 is 18.9 Å². The zero-order valence-electron chi connectivity index (χ0n) is 14.0. The first-order valence-electron chi connectivity index (χ1n) is 7.76. The third-order valence-electron chi connectivity index (χ3n) is 3.52. The van der Waals surface area contributed by atoms with E-state index in [1.54, 1.807) is 25.2 Å². The molecule has 5 nitrogen and oxygen atoms in total. The SMILES string of the molecule is Cc1cc(Cl)ccc1NC(=O)C[NH+](C)CC(=O)Nc1ccc(F)cc1.